The van der Waals surface area contributed by atoms with Crippen molar-refractivity contribution in [3.63, 3.8) is 0 Å². The molecule has 0 aliphatic heterocycles. The van der Waals surface area contributed by atoms with Crippen LogP contribution >= 0.6 is 11.6 Å². The van der Waals surface area contributed by atoms with Crippen LogP contribution in [0, 0.1) is 6.92 Å². The van der Waals surface area contributed by atoms with Crippen molar-refractivity contribution < 1.29 is 0 Å². The molecule has 1 atom stereocenters. The summed E-state index contributed by atoms with van der Waals surface area (Å²) in [6.45, 7) is 2.03. The van der Waals surface area contributed by atoms with Gasteiger partial charge < -0.3 is 5.32 Å². The second kappa shape index (κ2) is 5.98. The number of aryl methyl sites for hydroxylation is 1. The number of rotatable bonds is 4. The zero-order chi connectivity index (χ0) is 13.0. The van der Waals surface area contributed by atoms with Gasteiger partial charge in [0.25, 0.3) is 0 Å². The Morgan fingerprint density at radius 3 is 2.61 bits per heavy atom. The third-order valence-corrected chi connectivity index (χ3v) is 3.65. The average molecular weight is 261 g/mol. The van der Waals surface area contributed by atoms with Crippen LogP contribution in [0.5, 0.6) is 0 Å². The summed E-state index contributed by atoms with van der Waals surface area (Å²) in [7, 11) is 1.96. The van der Waals surface area contributed by atoms with Crippen LogP contribution in [-0.4, -0.2) is 12.0 Å². The summed E-state index contributed by atoms with van der Waals surface area (Å²) in [5.74, 6) is 0. The van der Waals surface area contributed by atoms with Crippen LogP contribution < -0.4 is 5.32 Å². The van der Waals surface area contributed by atoms with E-state index < -0.39 is 0 Å². The van der Waals surface area contributed by atoms with Crippen LogP contribution in [-0.2, 0) is 6.42 Å². The number of pyridine rings is 1. The zero-order valence-corrected chi connectivity index (χ0v) is 11.4. The molecule has 0 fully saturated rings. The Bertz CT molecular complexity index is 511. The molecule has 1 heterocycles. The Hall–Kier alpha value is -1.38. The fourth-order valence-corrected chi connectivity index (χ4v) is 2.32. The summed E-state index contributed by atoms with van der Waals surface area (Å²) in [4.78, 5) is 4.04. The number of hydrogen-bond donors (Lipinski definition) is 1. The van der Waals surface area contributed by atoms with E-state index in [1.165, 1.54) is 5.56 Å². The fraction of sp³-hybridized carbons (Fsp3) is 0.267. The van der Waals surface area contributed by atoms with E-state index in [2.05, 4.69) is 16.4 Å². The maximum atomic E-state index is 6.38. The molecule has 1 N–H and O–H groups in total. The largest absolute Gasteiger partial charge is 0.313 e. The minimum Gasteiger partial charge on any atom is -0.313 e. The van der Waals surface area contributed by atoms with E-state index in [0.717, 1.165) is 22.6 Å². The highest BCUT2D eigenvalue weighted by atomic mass is 35.5. The van der Waals surface area contributed by atoms with Crippen molar-refractivity contribution in [3.05, 3.63) is 64.4 Å². The van der Waals surface area contributed by atoms with E-state index in [4.69, 9.17) is 11.6 Å². The number of hydrogen-bond acceptors (Lipinski definition) is 2. The molecule has 1 aromatic carbocycles. The van der Waals surface area contributed by atoms with E-state index in [1.807, 2.05) is 50.6 Å². The molecule has 0 saturated carbocycles. The summed E-state index contributed by atoms with van der Waals surface area (Å²) < 4.78 is 0. The number of nitrogens with one attached hydrogen (secondary N) is 1. The van der Waals surface area contributed by atoms with Crippen molar-refractivity contribution in [2.75, 3.05) is 7.05 Å². The van der Waals surface area contributed by atoms with Crippen molar-refractivity contribution in [2.24, 2.45) is 0 Å². The molecule has 0 bridgehead atoms. The average Bonchev–Trinajstić information content (AvgIpc) is 2.41. The van der Waals surface area contributed by atoms with Gasteiger partial charge >= 0.3 is 0 Å². The Labute approximate surface area is 113 Å². The highest BCUT2D eigenvalue weighted by Gasteiger charge is 2.14. The van der Waals surface area contributed by atoms with Gasteiger partial charge in [0.1, 0.15) is 0 Å². The smallest absolute Gasteiger partial charge is 0.0483 e. The molecule has 0 saturated heterocycles. The van der Waals surface area contributed by atoms with Crippen molar-refractivity contribution in [3.8, 4) is 0 Å². The Morgan fingerprint density at radius 1 is 1.22 bits per heavy atom. The van der Waals surface area contributed by atoms with Gasteiger partial charge in [0.05, 0.1) is 0 Å². The van der Waals surface area contributed by atoms with Crippen LogP contribution in [0.2, 0.25) is 5.02 Å². The molecule has 2 rings (SSSR count). The van der Waals surface area contributed by atoms with Crippen LogP contribution in [0.25, 0.3) is 0 Å². The number of aromatic nitrogens is 1. The molecule has 0 aliphatic carbocycles. The number of likely N-dealkylation sites (N-methyl/N-ethyl adjacent to an activating group) is 1. The predicted molar refractivity (Wildman–Crippen MR) is 75.9 cm³/mol. The van der Waals surface area contributed by atoms with Crippen molar-refractivity contribution >= 4 is 11.6 Å². The highest BCUT2D eigenvalue weighted by Crippen LogP contribution is 2.28. The quantitative estimate of drug-likeness (QED) is 0.910. The molecule has 1 unspecified atom stereocenters. The summed E-state index contributed by atoms with van der Waals surface area (Å²) in [6.07, 6.45) is 4.54. The highest BCUT2D eigenvalue weighted by molar-refractivity contribution is 6.32. The third kappa shape index (κ3) is 2.89. The van der Waals surface area contributed by atoms with Crippen molar-refractivity contribution in [1.82, 2.24) is 10.3 Å². The predicted octanol–water partition coefficient (Wildman–Crippen LogP) is 3.55. The van der Waals surface area contributed by atoms with E-state index in [0.29, 0.717) is 0 Å². The second-order valence-electron chi connectivity index (χ2n) is 4.38. The van der Waals surface area contributed by atoms with E-state index >= 15 is 0 Å². The lowest BCUT2D eigenvalue weighted by Gasteiger charge is -2.19. The first-order valence-electron chi connectivity index (χ1n) is 6.03. The van der Waals surface area contributed by atoms with Gasteiger partial charge in [-0.25, -0.2) is 0 Å². The minimum absolute atomic E-state index is 0.222. The van der Waals surface area contributed by atoms with E-state index in [1.54, 1.807) is 0 Å². The van der Waals surface area contributed by atoms with Crippen molar-refractivity contribution in [1.29, 1.82) is 0 Å². The van der Waals surface area contributed by atoms with Gasteiger partial charge in [-0.2, -0.15) is 0 Å². The summed E-state index contributed by atoms with van der Waals surface area (Å²) in [5, 5.41) is 4.18. The van der Waals surface area contributed by atoms with Crippen molar-refractivity contribution in [2.45, 2.75) is 19.4 Å². The standard InChI is InChI=1S/C15H17ClN2/c1-11-4-3-5-13(15(11)16)14(17-2)10-12-6-8-18-9-7-12/h3-9,14,17H,10H2,1-2H3. The summed E-state index contributed by atoms with van der Waals surface area (Å²) >= 11 is 6.38. The molecule has 0 spiro atoms. The second-order valence-corrected chi connectivity index (χ2v) is 4.76. The maximum absolute atomic E-state index is 6.38. The topological polar surface area (TPSA) is 24.9 Å². The lowest BCUT2D eigenvalue weighted by atomic mass is 9.98. The van der Waals surface area contributed by atoms with Gasteiger partial charge in [-0.15, -0.1) is 0 Å². The molecule has 2 nitrogen and oxygen atoms in total. The van der Waals surface area contributed by atoms with Crippen LogP contribution in [0.4, 0.5) is 0 Å². The fourth-order valence-electron chi connectivity index (χ4n) is 2.06. The molecule has 0 aliphatic rings. The SMILES string of the molecule is CNC(Cc1ccncc1)c1cccc(C)c1Cl. The number of benzene rings is 1. The molecule has 2 aromatic rings. The monoisotopic (exact) mass is 260 g/mol. The molecule has 0 amide bonds. The molecular formula is C15H17ClN2. The molecule has 3 heteroatoms. The van der Waals surface area contributed by atoms with Gasteiger partial charge in [0.2, 0.25) is 0 Å². The van der Waals surface area contributed by atoms with Crippen LogP contribution in [0.1, 0.15) is 22.7 Å². The van der Waals surface area contributed by atoms with Gasteiger partial charge in [0, 0.05) is 23.5 Å². The minimum atomic E-state index is 0.222. The Morgan fingerprint density at radius 2 is 1.94 bits per heavy atom. The van der Waals surface area contributed by atoms with Gasteiger partial charge in [-0.3, -0.25) is 4.98 Å². The normalized spacial score (nSPS) is 12.4. The zero-order valence-electron chi connectivity index (χ0n) is 10.7. The first-order valence-corrected chi connectivity index (χ1v) is 6.41. The van der Waals surface area contributed by atoms with Gasteiger partial charge in [-0.05, 0) is 49.2 Å². The van der Waals surface area contributed by atoms with Crippen LogP contribution in [0.15, 0.2) is 42.7 Å². The lowest BCUT2D eigenvalue weighted by molar-refractivity contribution is 0.591. The van der Waals surface area contributed by atoms with Gasteiger partial charge in [-0.1, -0.05) is 29.8 Å². The molecule has 0 radical (unpaired) electrons. The maximum Gasteiger partial charge on any atom is 0.0483 e. The Balaban J connectivity index is 2.26. The molecular weight excluding hydrogens is 244 g/mol. The summed E-state index contributed by atoms with van der Waals surface area (Å²) in [6, 6.07) is 10.5. The first-order chi connectivity index (χ1) is 8.72. The molecule has 94 valence electrons. The molecule has 18 heavy (non-hydrogen) atoms. The van der Waals surface area contributed by atoms with Crippen LogP contribution in [0.3, 0.4) is 0 Å². The van der Waals surface area contributed by atoms with E-state index in [-0.39, 0.29) is 6.04 Å². The molecule has 1 aromatic heterocycles. The number of nitrogens with zero attached hydrogens (tertiary/aromatic N) is 1. The van der Waals surface area contributed by atoms with Gasteiger partial charge in [0.15, 0.2) is 0 Å². The third-order valence-electron chi connectivity index (χ3n) is 3.13. The summed E-state index contributed by atoms with van der Waals surface area (Å²) in [5.41, 5.74) is 3.52. The first kappa shape index (κ1) is 13.1. The van der Waals surface area contributed by atoms with E-state index in [9.17, 15) is 0 Å². The lowest BCUT2D eigenvalue weighted by Crippen LogP contribution is -2.19. The number of halogens is 1. The Kier molecular flexibility index (Phi) is 4.34.